The Morgan fingerprint density at radius 2 is 1.40 bits per heavy atom. The van der Waals surface area contributed by atoms with Crippen molar-refractivity contribution < 1.29 is 52.3 Å². The second-order valence-corrected chi connectivity index (χ2v) is 10.8. The summed E-state index contributed by atoms with van der Waals surface area (Å²) in [6.07, 6.45) is 0.695. The number of methoxy groups -OCH3 is 1. The molecule has 1 amide bonds. The quantitative estimate of drug-likeness (QED) is 0.0579. The van der Waals surface area contributed by atoms with Gasteiger partial charge in [-0.15, -0.1) is 11.3 Å². The van der Waals surface area contributed by atoms with E-state index in [9.17, 15) is 19.2 Å². The molecular weight excluding hydrogens is 634 g/mol. The lowest BCUT2D eigenvalue weighted by molar-refractivity contribution is -0.168. The van der Waals surface area contributed by atoms with E-state index in [1.165, 1.54) is 18.4 Å². The average Bonchev–Trinajstić information content (AvgIpc) is 3.08. The van der Waals surface area contributed by atoms with E-state index in [1.54, 1.807) is 38.1 Å². The van der Waals surface area contributed by atoms with Gasteiger partial charge in [0, 0.05) is 22.2 Å². The summed E-state index contributed by atoms with van der Waals surface area (Å²) >= 11 is 1.36. The van der Waals surface area contributed by atoms with E-state index in [-0.39, 0.29) is 51.7 Å². The lowest BCUT2D eigenvalue weighted by atomic mass is 10.1. The van der Waals surface area contributed by atoms with E-state index < -0.39 is 36.5 Å². The zero-order chi connectivity index (χ0) is 34.2. The van der Waals surface area contributed by atoms with E-state index in [1.807, 2.05) is 12.1 Å². The zero-order valence-corrected chi connectivity index (χ0v) is 27.3. The van der Waals surface area contributed by atoms with Gasteiger partial charge >= 0.3 is 11.9 Å². The van der Waals surface area contributed by atoms with Gasteiger partial charge in [-0.1, -0.05) is 25.3 Å². The number of rotatable bonds is 21. The Morgan fingerprint density at radius 1 is 0.830 bits per heavy atom. The highest BCUT2D eigenvalue weighted by molar-refractivity contribution is 7.25. The van der Waals surface area contributed by atoms with E-state index in [2.05, 4.69) is 18.5 Å². The lowest BCUT2D eigenvalue weighted by Gasteiger charge is -2.23. The van der Waals surface area contributed by atoms with Gasteiger partial charge in [-0.3, -0.25) is 9.59 Å². The van der Waals surface area contributed by atoms with Gasteiger partial charge in [0.05, 0.1) is 49.7 Å². The maximum Gasteiger partial charge on any atom is 0.330 e. The van der Waals surface area contributed by atoms with Crippen LogP contribution in [0.25, 0.3) is 20.2 Å². The molecule has 1 heterocycles. The second kappa shape index (κ2) is 19.4. The number of hydrogen-bond acceptors (Lipinski definition) is 13. The number of carbonyl (C=O) groups is 3. The molecule has 3 rings (SSSR count). The second-order valence-electron chi connectivity index (χ2n) is 9.74. The van der Waals surface area contributed by atoms with Crippen molar-refractivity contribution in [3.05, 3.63) is 71.9 Å². The number of esters is 2. The molecule has 14 heteroatoms. The molecule has 3 aromatic rings. The predicted octanol–water partition coefficient (Wildman–Crippen LogP) is 3.50. The number of benzene rings is 2. The van der Waals surface area contributed by atoms with Gasteiger partial charge in [-0.25, -0.2) is 9.59 Å². The van der Waals surface area contributed by atoms with Crippen LogP contribution in [0.5, 0.6) is 11.5 Å². The van der Waals surface area contributed by atoms with Crippen LogP contribution in [-0.4, -0.2) is 89.8 Å². The summed E-state index contributed by atoms with van der Waals surface area (Å²) in [5, 5.41) is 3.75. The predicted molar refractivity (Wildman–Crippen MR) is 175 cm³/mol. The lowest BCUT2D eigenvalue weighted by Crippen LogP contribution is -2.45. The molecular formula is C33H39NO12S. The molecule has 0 aliphatic heterocycles. The van der Waals surface area contributed by atoms with Crippen LogP contribution < -0.4 is 20.2 Å². The van der Waals surface area contributed by atoms with Crippen molar-refractivity contribution in [3.8, 4) is 11.5 Å². The highest BCUT2D eigenvalue weighted by Gasteiger charge is 2.19. The molecule has 254 valence electrons. The molecule has 2 unspecified atom stereocenters. The Morgan fingerprint density at radius 3 is 1.98 bits per heavy atom. The molecule has 0 saturated carbocycles. The van der Waals surface area contributed by atoms with Gasteiger partial charge in [-0.2, -0.15) is 0 Å². The summed E-state index contributed by atoms with van der Waals surface area (Å²) in [5.41, 5.74) is -0.194. The monoisotopic (exact) mass is 673 g/mol. The fourth-order valence-electron chi connectivity index (χ4n) is 4.11. The van der Waals surface area contributed by atoms with Crippen molar-refractivity contribution in [1.82, 2.24) is 5.32 Å². The van der Waals surface area contributed by atoms with Crippen molar-refractivity contribution >= 4 is 49.4 Å². The summed E-state index contributed by atoms with van der Waals surface area (Å²) in [6, 6.07) is 9.86. The maximum absolute atomic E-state index is 13.3. The number of ether oxygens (including phenoxy) is 8. The number of fused-ring (bicyclic) bond motifs is 2. The van der Waals surface area contributed by atoms with E-state index in [0.29, 0.717) is 27.0 Å². The number of carbonyl (C=O) groups excluding carboxylic acids is 3. The first kappa shape index (κ1) is 37.1. The third-order valence-electron chi connectivity index (χ3n) is 6.36. The smallest absolute Gasteiger partial charge is 0.330 e. The molecule has 0 bridgehead atoms. The summed E-state index contributed by atoms with van der Waals surface area (Å²) in [5.74, 6) is -0.849. The minimum atomic E-state index is -0.704. The van der Waals surface area contributed by atoms with Crippen molar-refractivity contribution in [2.24, 2.45) is 0 Å². The fourth-order valence-corrected chi connectivity index (χ4v) is 5.27. The normalized spacial score (nSPS) is 12.9. The molecule has 47 heavy (non-hydrogen) atoms. The standard InChI is InChI=1S/C33H39NO12S/c1-6-29(36)42-16-14-40-21(3)44-18-23(19-45-22(4)41-15-17-43-30(37)7-2)34-28(35)20-46-26-13-12-25(39-5)31-32(38)24-10-8-9-11-27(24)47-33(26)31/h6-13,21-23H,1-2,14-20H2,3-5H3,(H,34,35). The van der Waals surface area contributed by atoms with Crippen LogP contribution in [0, 0.1) is 0 Å². The molecule has 0 aliphatic rings. The van der Waals surface area contributed by atoms with Gasteiger partial charge < -0.3 is 43.2 Å². The molecule has 1 N–H and O–H groups in total. The van der Waals surface area contributed by atoms with Crippen LogP contribution >= 0.6 is 11.3 Å². The third kappa shape index (κ3) is 11.8. The number of hydrogen-bond donors (Lipinski definition) is 1. The van der Waals surface area contributed by atoms with E-state index in [0.717, 1.165) is 16.9 Å². The highest BCUT2D eigenvalue weighted by Crippen LogP contribution is 2.36. The van der Waals surface area contributed by atoms with Crippen LogP contribution in [0.2, 0.25) is 0 Å². The first-order valence-electron chi connectivity index (χ1n) is 14.7. The summed E-state index contributed by atoms with van der Waals surface area (Å²) in [6.45, 7) is 9.76. The first-order chi connectivity index (χ1) is 22.7. The van der Waals surface area contributed by atoms with Gasteiger partial charge in [0.1, 0.15) is 24.7 Å². The van der Waals surface area contributed by atoms with Crippen LogP contribution in [-0.2, 0) is 42.8 Å². The number of nitrogens with one attached hydrogen (secondary N) is 1. The molecule has 2 atom stereocenters. The average molecular weight is 674 g/mol. The molecule has 0 aliphatic carbocycles. The number of amides is 1. The Hall–Kier alpha value is -4.34. The van der Waals surface area contributed by atoms with Crippen molar-refractivity contribution in [2.75, 3.05) is 53.4 Å². The van der Waals surface area contributed by atoms with Crippen molar-refractivity contribution in [3.63, 3.8) is 0 Å². The van der Waals surface area contributed by atoms with Crippen LogP contribution in [0.3, 0.4) is 0 Å². The summed E-state index contributed by atoms with van der Waals surface area (Å²) in [7, 11) is 1.49. The van der Waals surface area contributed by atoms with Gasteiger partial charge in [0.15, 0.2) is 24.6 Å². The molecule has 0 radical (unpaired) electrons. The van der Waals surface area contributed by atoms with Crippen LogP contribution in [0.1, 0.15) is 13.8 Å². The SMILES string of the molecule is C=CC(=O)OCCOC(C)OCC(COC(C)OCCOC(=O)C=C)NC(=O)COc1ccc(OC)c2c(=O)c3ccccc3sc12. The highest BCUT2D eigenvalue weighted by atomic mass is 32.1. The third-order valence-corrected chi connectivity index (χ3v) is 7.54. The fraction of sp³-hybridized carbons (Fsp3) is 0.394. The van der Waals surface area contributed by atoms with Gasteiger partial charge in [0.2, 0.25) is 0 Å². The Labute approximate surface area is 275 Å². The molecule has 2 aromatic carbocycles. The molecule has 0 saturated heterocycles. The first-order valence-corrected chi connectivity index (χ1v) is 15.5. The topological polar surface area (TPSA) is 154 Å². The van der Waals surface area contributed by atoms with E-state index in [4.69, 9.17) is 37.9 Å². The maximum atomic E-state index is 13.3. The molecule has 13 nitrogen and oxygen atoms in total. The van der Waals surface area contributed by atoms with Gasteiger partial charge in [0.25, 0.3) is 5.91 Å². The van der Waals surface area contributed by atoms with Crippen molar-refractivity contribution in [2.45, 2.75) is 32.5 Å². The zero-order valence-electron chi connectivity index (χ0n) is 26.5. The Bertz CT molecular complexity index is 1550. The Balaban J connectivity index is 1.63. The summed E-state index contributed by atoms with van der Waals surface area (Å²) in [4.78, 5) is 48.7. The largest absolute Gasteiger partial charge is 0.496 e. The minimum Gasteiger partial charge on any atom is -0.496 e. The minimum absolute atomic E-state index is 0.0118. The molecule has 0 fully saturated rings. The van der Waals surface area contributed by atoms with Crippen LogP contribution in [0.15, 0.2) is 66.5 Å². The summed E-state index contributed by atoms with van der Waals surface area (Å²) < 4.78 is 44.9. The van der Waals surface area contributed by atoms with Gasteiger partial charge in [-0.05, 0) is 38.1 Å². The van der Waals surface area contributed by atoms with Crippen LogP contribution in [0.4, 0.5) is 0 Å². The molecule has 0 spiro atoms. The van der Waals surface area contributed by atoms with Crippen molar-refractivity contribution in [1.29, 1.82) is 0 Å². The van der Waals surface area contributed by atoms with E-state index >= 15 is 0 Å². The Kier molecular flexibility index (Phi) is 15.3. The molecule has 1 aromatic heterocycles.